The van der Waals surface area contributed by atoms with Crippen molar-refractivity contribution in [2.24, 2.45) is 5.92 Å². The molecule has 2 aromatic rings. The maximum atomic E-state index is 5.32. The fourth-order valence-corrected chi connectivity index (χ4v) is 3.16. The van der Waals surface area contributed by atoms with Gasteiger partial charge in [0.05, 0.1) is 7.11 Å². The first-order valence-corrected chi connectivity index (χ1v) is 6.44. The van der Waals surface area contributed by atoms with Crippen molar-refractivity contribution in [3.05, 3.63) is 30.0 Å². The molecule has 1 aliphatic carbocycles. The van der Waals surface area contributed by atoms with E-state index in [-0.39, 0.29) is 0 Å². The third kappa shape index (κ3) is 1.72. The first-order valence-electron chi connectivity index (χ1n) is 6.44. The lowest BCUT2D eigenvalue weighted by Gasteiger charge is -2.14. The van der Waals surface area contributed by atoms with Gasteiger partial charge >= 0.3 is 0 Å². The van der Waals surface area contributed by atoms with Gasteiger partial charge in [0.15, 0.2) is 0 Å². The third-order valence-corrected chi connectivity index (χ3v) is 4.18. The molecular formula is C15H19NO. The second kappa shape index (κ2) is 4.10. The molecule has 1 aromatic heterocycles. The predicted octanol–water partition coefficient (Wildman–Crippen LogP) is 4.08. The van der Waals surface area contributed by atoms with Crippen LogP contribution in [0.1, 0.15) is 37.7 Å². The first-order chi connectivity index (χ1) is 8.29. The Morgan fingerprint density at radius 2 is 2.18 bits per heavy atom. The number of hydrogen-bond acceptors (Lipinski definition) is 1. The van der Waals surface area contributed by atoms with Crippen LogP contribution in [-0.2, 0) is 0 Å². The molecule has 2 atom stereocenters. The molecule has 1 aromatic carbocycles. The van der Waals surface area contributed by atoms with Gasteiger partial charge in [0.1, 0.15) is 5.75 Å². The SMILES string of the molecule is COc1ccc2[nH]cc(C3CCCC3C)c2c1. The number of H-pyrrole nitrogens is 1. The van der Waals surface area contributed by atoms with Crippen molar-refractivity contribution in [1.82, 2.24) is 4.98 Å². The van der Waals surface area contributed by atoms with Gasteiger partial charge < -0.3 is 9.72 Å². The first kappa shape index (κ1) is 10.7. The normalized spacial score (nSPS) is 24.4. The fourth-order valence-electron chi connectivity index (χ4n) is 3.16. The molecule has 1 aliphatic rings. The molecular weight excluding hydrogens is 210 g/mol. The maximum absolute atomic E-state index is 5.32. The Morgan fingerprint density at radius 3 is 2.88 bits per heavy atom. The summed E-state index contributed by atoms with van der Waals surface area (Å²) in [6, 6.07) is 6.28. The zero-order valence-electron chi connectivity index (χ0n) is 10.5. The van der Waals surface area contributed by atoms with Crippen molar-refractivity contribution >= 4 is 10.9 Å². The highest BCUT2D eigenvalue weighted by Gasteiger charge is 2.26. The van der Waals surface area contributed by atoms with Crippen LogP contribution in [0.3, 0.4) is 0 Å². The molecule has 1 saturated carbocycles. The standard InChI is InChI=1S/C15H19NO/c1-10-4-3-5-12(10)14-9-16-15-7-6-11(17-2)8-13(14)15/h6-10,12,16H,3-5H2,1-2H3. The molecule has 2 nitrogen and oxygen atoms in total. The summed E-state index contributed by atoms with van der Waals surface area (Å²) in [5, 5.41) is 1.34. The minimum Gasteiger partial charge on any atom is -0.497 e. The van der Waals surface area contributed by atoms with Crippen molar-refractivity contribution in [1.29, 1.82) is 0 Å². The summed E-state index contributed by atoms with van der Waals surface area (Å²) in [6.07, 6.45) is 6.24. The fraction of sp³-hybridized carbons (Fsp3) is 0.467. The molecule has 0 amide bonds. The number of fused-ring (bicyclic) bond motifs is 1. The molecule has 0 saturated heterocycles. The van der Waals surface area contributed by atoms with Gasteiger partial charge in [-0.25, -0.2) is 0 Å². The van der Waals surface area contributed by atoms with Crippen molar-refractivity contribution in [3.8, 4) is 5.75 Å². The Hall–Kier alpha value is -1.44. The highest BCUT2D eigenvalue weighted by molar-refractivity contribution is 5.85. The van der Waals surface area contributed by atoms with E-state index in [0.717, 1.165) is 17.6 Å². The quantitative estimate of drug-likeness (QED) is 0.824. The summed E-state index contributed by atoms with van der Waals surface area (Å²) in [7, 11) is 1.73. The van der Waals surface area contributed by atoms with E-state index < -0.39 is 0 Å². The average Bonchev–Trinajstić information content (AvgIpc) is 2.94. The summed E-state index contributed by atoms with van der Waals surface area (Å²) < 4.78 is 5.32. The number of benzene rings is 1. The van der Waals surface area contributed by atoms with E-state index in [1.54, 1.807) is 7.11 Å². The van der Waals surface area contributed by atoms with E-state index in [1.165, 1.54) is 35.7 Å². The van der Waals surface area contributed by atoms with Gasteiger partial charge in [-0.2, -0.15) is 0 Å². The lowest BCUT2D eigenvalue weighted by atomic mass is 9.90. The van der Waals surface area contributed by atoms with Crippen LogP contribution in [0, 0.1) is 5.92 Å². The number of nitrogens with one attached hydrogen (secondary N) is 1. The van der Waals surface area contributed by atoms with Crippen LogP contribution in [0.25, 0.3) is 10.9 Å². The van der Waals surface area contributed by atoms with Crippen molar-refractivity contribution < 1.29 is 4.74 Å². The zero-order chi connectivity index (χ0) is 11.8. The lowest BCUT2D eigenvalue weighted by molar-refractivity contribution is 0.415. The second-order valence-corrected chi connectivity index (χ2v) is 5.17. The van der Waals surface area contributed by atoms with Gasteiger partial charge in [-0.05, 0) is 42.0 Å². The predicted molar refractivity (Wildman–Crippen MR) is 70.6 cm³/mol. The molecule has 2 heteroatoms. The van der Waals surface area contributed by atoms with Gasteiger partial charge in [0, 0.05) is 17.1 Å². The summed E-state index contributed by atoms with van der Waals surface area (Å²) >= 11 is 0. The molecule has 0 spiro atoms. The van der Waals surface area contributed by atoms with Crippen LogP contribution < -0.4 is 4.74 Å². The highest BCUT2D eigenvalue weighted by Crippen LogP contribution is 2.42. The summed E-state index contributed by atoms with van der Waals surface area (Å²) in [4.78, 5) is 3.38. The van der Waals surface area contributed by atoms with Crippen LogP contribution in [0.5, 0.6) is 5.75 Å². The number of rotatable bonds is 2. The molecule has 90 valence electrons. The number of aromatic amines is 1. The minimum absolute atomic E-state index is 0.718. The van der Waals surface area contributed by atoms with Crippen LogP contribution in [-0.4, -0.2) is 12.1 Å². The molecule has 17 heavy (non-hydrogen) atoms. The average molecular weight is 229 g/mol. The summed E-state index contributed by atoms with van der Waals surface area (Å²) in [5.74, 6) is 2.47. The Labute approximate surface area is 102 Å². The van der Waals surface area contributed by atoms with E-state index >= 15 is 0 Å². The second-order valence-electron chi connectivity index (χ2n) is 5.17. The Bertz CT molecular complexity index is 529. The van der Waals surface area contributed by atoms with Gasteiger partial charge in [-0.1, -0.05) is 19.8 Å². The highest BCUT2D eigenvalue weighted by atomic mass is 16.5. The zero-order valence-corrected chi connectivity index (χ0v) is 10.5. The largest absolute Gasteiger partial charge is 0.497 e. The molecule has 0 bridgehead atoms. The number of ether oxygens (including phenoxy) is 1. The van der Waals surface area contributed by atoms with Gasteiger partial charge in [0.2, 0.25) is 0 Å². The third-order valence-electron chi connectivity index (χ3n) is 4.18. The molecule has 1 heterocycles. The number of methoxy groups -OCH3 is 1. The Balaban J connectivity index is 2.09. The molecule has 1 fully saturated rings. The van der Waals surface area contributed by atoms with Crippen LogP contribution in [0.15, 0.2) is 24.4 Å². The van der Waals surface area contributed by atoms with E-state index in [2.05, 4.69) is 30.2 Å². The summed E-state index contributed by atoms with van der Waals surface area (Å²) in [6.45, 7) is 2.37. The Kier molecular flexibility index (Phi) is 2.58. The summed E-state index contributed by atoms with van der Waals surface area (Å²) in [5.41, 5.74) is 2.70. The smallest absolute Gasteiger partial charge is 0.119 e. The number of hydrogen-bond donors (Lipinski definition) is 1. The van der Waals surface area contributed by atoms with Gasteiger partial charge in [-0.15, -0.1) is 0 Å². The van der Waals surface area contributed by atoms with E-state index in [9.17, 15) is 0 Å². The van der Waals surface area contributed by atoms with E-state index in [4.69, 9.17) is 4.74 Å². The maximum Gasteiger partial charge on any atom is 0.119 e. The molecule has 0 radical (unpaired) electrons. The van der Waals surface area contributed by atoms with Gasteiger partial charge in [-0.3, -0.25) is 0 Å². The Morgan fingerprint density at radius 1 is 1.29 bits per heavy atom. The number of aromatic nitrogens is 1. The molecule has 1 N–H and O–H groups in total. The lowest BCUT2D eigenvalue weighted by Crippen LogP contribution is -2.00. The molecule has 0 aliphatic heterocycles. The van der Waals surface area contributed by atoms with Crippen molar-refractivity contribution in [3.63, 3.8) is 0 Å². The molecule has 2 unspecified atom stereocenters. The topological polar surface area (TPSA) is 25.0 Å². The van der Waals surface area contributed by atoms with Crippen molar-refractivity contribution in [2.75, 3.05) is 7.11 Å². The molecule has 3 rings (SSSR count). The minimum atomic E-state index is 0.718. The van der Waals surface area contributed by atoms with Gasteiger partial charge in [0.25, 0.3) is 0 Å². The van der Waals surface area contributed by atoms with Crippen LogP contribution >= 0.6 is 0 Å². The van der Waals surface area contributed by atoms with E-state index in [1.807, 2.05) is 6.07 Å². The van der Waals surface area contributed by atoms with Crippen LogP contribution in [0.4, 0.5) is 0 Å². The van der Waals surface area contributed by atoms with Crippen molar-refractivity contribution in [2.45, 2.75) is 32.1 Å². The van der Waals surface area contributed by atoms with Crippen LogP contribution in [0.2, 0.25) is 0 Å². The van der Waals surface area contributed by atoms with E-state index in [0.29, 0.717) is 0 Å². The monoisotopic (exact) mass is 229 g/mol.